The first-order valence-corrected chi connectivity index (χ1v) is 9.38. The van der Waals surface area contributed by atoms with Crippen molar-refractivity contribution in [3.05, 3.63) is 34.3 Å². The van der Waals surface area contributed by atoms with Crippen LogP contribution in [0.1, 0.15) is 25.3 Å². The standard InChI is InChI=1S/C13H18BrClO3S/c1-11(7-9-19(15,16)17)6-8-18-10-12-2-4-13(14)5-3-12/h2-5,11H,6-10H2,1H3. The van der Waals surface area contributed by atoms with E-state index in [9.17, 15) is 8.42 Å². The van der Waals surface area contributed by atoms with Gasteiger partial charge in [-0.3, -0.25) is 0 Å². The fourth-order valence-corrected chi connectivity index (χ4v) is 2.76. The zero-order valence-corrected chi connectivity index (χ0v) is 14.0. The number of benzene rings is 1. The summed E-state index contributed by atoms with van der Waals surface area (Å²) in [4.78, 5) is 0. The molecule has 1 unspecified atom stereocenters. The highest BCUT2D eigenvalue weighted by atomic mass is 79.9. The topological polar surface area (TPSA) is 43.4 Å². The summed E-state index contributed by atoms with van der Waals surface area (Å²) < 4.78 is 28.2. The zero-order valence-electron chi connectivity index (χ0n) is 10.8. The van der Waals surface area contributed by atoms with E-state index in [1.54, 1.807) is 0 Å². The van der Waals surface area contributed by atoms with Gasteiger partial charge in [-0.2, -0.15) is 0 Å². The van der Waals surface area contributed by atoms with Gasteiger partial charge in [-0.05, 0) is 36.5 Å². The van der Waals surface area contributed by atoms with E-state index in [2.05, 4.69) is 15.9 Å². The Morgan fingerprint density at radius 3 is 2.47 bits per heavy atom. The van der Waals surface area contributed by atoms with Crippen LogP contribution in [0.2, 0.25) is 0 Å². The number of halogens is 2. The average molecular weight is 370 g/mol. The Kier molecular flexibility index (Phi) is 7.36. The Labute approximate surface area is 127 Å². The second-order valence-electron chi connectivity index (χ2n) is 4.60. The fraction of sp³-hybridized carbons (Fsp3) is 0.538. The SMILES string of the molecule is CC(CCOCc1ccc(Br)cc1)CCS(=O)(=O)Cl. The second kappa shape index (κ2) is 8.25. The molecule has 1 aromatic rings. The van der Waals surface area contributed by atoms with E-state index in [1.165, 1.54) is 0 Å². The van der Waals surface area contributed by atoms with Gasteiger partial charge < -0.3 is 4.74 Å². The van der Waals surface area contributed by atoms with Crippen LogP contribution in [0.15, 0.2) is 28.7 Å². The third-order valence-electron chi connectivity index (χ3n) is 2.79. The summed E-state index contributed by atoms with van der Waals surface area (Å²) in [5.74, 6) is 0.320. The van der Waals surface area contributed by atoms with E-state index in [4.69, 9.17) is 15.4 Å². The maximum Gasteiger partial charge on any atom is 0.232 e. The van der Waals surface area contributed by atoms with Crippen LogP contribution in [-0.2, 0) is 20.4 Å². The minimum Gasteiger partial charge on any atom is -0.377 e. The molecule has 0 saturated carbocycles. The van der Waals surface area contributed by atoms with E-state index < -0.39 is 9.05 Å². The van der Waals surface area contributed by atoms with Gasteiger partial charge in [0.1, 0.15) is 0 Å². The molecule has 0 aromatic heterocycles. The molecule has 0 heterocycles. The number of rotatable bonds is 8. The molecule has 0 bridgehead atoms. The van der Waals surface area contributed by atoms with Crippen molar-refractivity contribution >= 4 is 35.7 Å². The first-order chi connectivity index (χ1) is 8.87. The Morgan fingerprint density at radius 1 is 1.26 bits per heavy atom. The van der Waals surface area contributed by atoms with Gasteiger partial charge in [0.2, 0.25) is 9.05 Å². The Bertz CT molecular complexity index is 473. The minimum atomic E-state index is -3.37. The molecule has 6 heteroatoms. The lowest BCUT2D eigenvalue weighted by atomic mass is 10.1. The largest absolute Gasteiger partial charge is 0.377 e. The molecule has 0 aliphatic rings. The fourth-order valence-electron chi connectivity index (χ4n) is 1.54. The predicted molar refractivity (Wildman–Crippen MR) is 81.8 cm³/mol. The van der Waals surface area contributed by atoms with Gasteiger partial charge in [-0.15, -0.1) is 0 Å². The van der Waals surface area contributed by atoms with Crippen LogP contribution in [0.25, 0.3) is 0 Å². The molecular weight excluding hydrogens is 352 g/mol. The summed E-state index contributed by atoms with van der Waals surface area (Å²) in [6, 6.07) is 7.97. The summed E-state index contributed by atoms with van der Waals surface area (Å²) in [6.07, 6.45) is 1.41. The van der Waals surface area contributed by atoms with Crippen LogP contribution >= 0.6 is 26.6 Å². The molecule has 108 valence electrons. The second-order valence-corrected chi connectivity index (χ2v) is 8.42. The third-order valence-corrected chi connectivity index (χ3v) is 4.51. The van der Waals surface area contributed by atoms with E-state index in [1.807, 2.05) is 31.2 Å². The molecule has 1 rings (SSSR count). The van der Waals surface area contributed by atoms with E-state index >= 15 is 0 Å². The molecule has 1 aromatic carbocycles. The molecular formula is C13H18BrClO3S. The van der Waals surface area contributed by atoms with Crippen LogP contribution in [0.4, 0.5) is 0 Å². The van der Waals surface area contributed by atoms with Gasteiger partial charge in [0, 0.05) is 21.8 Å². The lowest BCUT2D eigenvalue weighted by molar-refractivity contribution is 0.108. The highest BCUT2D eigenvalue weighted by Crippen LogP contribution is 2.13. The lowest BCUT2D eigenvalue weighted by Crippen LogP contribution is -2.07. The normalized spacial score (nSPS) is 13.4. The third kappa shape index (κ3) is 8.63. The van der Waals surface area contributed by atoms with Crippen LogP contribution in [0.3, 0.4) is 0 Å². The number of hydrogen-bond acceptors (Lipinski definition) is 3. The first kappa shape index (κ1) is 17.0. The first-order valence-electron chi connectivity index (χ1n) is 6.11. The van der Waals surface area contributed by atoms with Crippen LogP contribution in [0.5, 0.6) is 0 Å². The van der Waals surface area contributed by atoms with Crippen molar-refractivity contribution in [2.24, 2.45) is 5.92 Å². The van der Waals surface area contributed by atoms with Gasteiger partial charge in [0.15, 0.2) is 0 Å². The lowest BCUT2D eigenvalue weighted by Gasteiger charge is -2.10. The molecule has 0 amide bonds. The van der Waals surface area contributed by atoms with E-state index in [0.29, 0.717) is 25.6 Å². The summed E-state index contributed by atoms with van der Waals surface area (Å²) in [7, 11) is 1.80. The Hall–Kier alpha value is -0.100. The van der Waals surface area contributed by atoms with Gasteiger partial charge >= 0.3 is 0 Å². The van der Waals surface area contributed by atoms with Gasteiger partial charge in [-0.25, -0.2) is 8.42 Å². The predicted octanol–water partition coefficient (Wildman–Crippen LogP) is 3.95. The van der Waals surface area contributed by atoms with Gasteiger partial charge in [0.05, 0.1) is 12.4 Å². The summed E-state index contributed by atoms with van der Waals surface area (Å²) in [5, 5.41) is 0. The van der Waals surface area contributed by atoms with Crippen LogP contribution in [-0.4, -0.2) is 20.8 Å². The molecule has 0 spiro atoms. The molecule has 19 heavy (non-hydrogen) atoms. The van der Waals surface area contributed by atoms with Crippen molar-refractivity contribution in [1.82, 2.24) is 0 Å². The number of ether oxygens (including phenoxy) is 1. The smallest absolute Gasteiger partial charge is 0.232 e. The highest BCUT2D eigenvalue weighted by Gasteiger charge is 2.09. The average Bonchev–Trinajstić information content (AvgIpc) is 2.33. The molecule has 0 fully saturated rings. The van der Waals surface area contributed by atoms with Crippen molar-refractivity contribution in [2.45, 2.75) is 26.4 Å². The maximum absolute atomic E-state index is 10.8. The molecule has 1 atom stereocenters. The Balaban J connectivity index is 2.15. The summed E-state index contributed by atoms with van der Waals surface area (Å²) in [5.41, 5.74) is 1.12. The Morgan fingerprint density at radius 2 is 1.89 bits per heavy atom. The molecule has 0 aliphatic heterocycles. The van der Waals surface area contributed by atoms with E-state index in [-0.39, 0.29) is 5.75 Å². The molecule has 0 aliphatic carbocycles. The van der Waals surface area contributed by atoms with Crippen molar-refractivity contribution in [3.63, 3.8) is 0 Å². The van der Waals surface area contributed by atoms with Crippen molar-refractivity contribution in [1.29, 1.82) is 0 Å². The molecule has 0 N–H and O–H groups in total. The van der Waals surface area contributed by atoms with E-state index in [0.717, 1.165) is 16.5 Å². The van der Waals surface area contributed by atoms with Crippen LogP contribution < -0.4 is 0 Å². The molecule has 3 nitrogen and oxygen atoms in total. The van der Waals surface area contributed by atoms with Crippen molar-refractivity contribution < 1.29 is 13.2 Å². The quantitative estimate of drug-likeness (QED) is 0.515. The summed E-state index contributed by atoms with van der Waals surface area (Å²) >= 11 is 3.38. The monoisotopic (exact) mass is 368 g/mol. The molecule has 0 radical (unpaired) electrons. The highest BCUT2D eigenvalue weighted by molar-refractivity contribution is 9.10. The zero-order chi connectivity index (χ0) is 14.3. The molecule has 0 saturated heterocycles. The van der Waals surface area contributed by atoms with Gasteiger partial charge in [-0.1, -0.05) is 35.0 Å². The summed E-state index contributed by atoms with van der Waals surface area (Å²) in [6.45, 7) is 3.21. The van der Waals surface area contributed by atoms with Gasteiger partial charge in [0.25, 0.3) is 0 Å². The number of hydrogen-bond donors (Lipinski definition) is 0. The van der Waals surface area contributed by atoms with Crippen LogP contribution in [0, 0.1) is 5.92 Å². The minimum absolute atomic E-state index is 0.0302. The maximum atomic E-state index is 10.8. The van der Waals surface area contributed by atoms with Crippen molar-refractivity contribution in [3.8, 4) is 0 Å². The van der Waals surface area contributed by atoms with Crippen molar-refractivity contribution in [2.75, 3.05) is 12.4 Å².